The van der Waals surface area contributed by atoms with E-state index in [9.17, 15) is 0 Å². The Morgan fingerprint density at radius 3 is 2.50 bits per heavy atom. The Labute approximate surface area is 111 Å². The maximum absolute atomic E-state index is 5.80. The number of ether oxygens (including phenoxy) is 3. The quantitative estimate of drug-likeness (QED) is 0.677. The van der Waals surface area contributed by atoms with Gasteiger partial charge in [0, 0.05) is 13.2 Å². The molecule has 108 valence electrons. The molecule has 4 heteroatoms. The minimum atomic E-state index is -0.0884. The van der Waals surface area contributed by atoms with Gasteiger partial charge in [-0.15, -0.1) is 0 Å². The normalized spacial score (nSPS) is 28.2. The average molecular weight is 259 g/mol. The monoisotopic (exact) mass is 259 g/mol. The van der Waals surface area contributed by atoms with E-state index in [1.807, 2.05) is 0 Å². The van der Waals surface area contributed by atoms with Gasteiger partial charge in [0.25, 0.3) is 0 Å². The first-order valence-electron chi connectivity index (χ1n) is 6.99. The van der Waals surface area contributed by atoms with Gasteiger partial charge in [-0.2, -0.15) is 0 Å². The maximum Gasteiger partial charge on any atom is 0.0986 e. The zero-order valence-corrected chi connectivity index (χ0v) is 12.5. The lowest BCUT2D eigenvalue weighted by Crippen LogP contribution is -2.60. The summed E-state index contributed by atoms with van der Waals surface area (Å²) in [6, 6.07) is 0.448. The molecule has 1 aliphatic carbocycles. The number of hydrogen-bond acceptors (Lipinski definition) is 4. The van der Waals surface area contributed by atoms with Gasteiger partial charge in [0.15, 0.2) is 0 Å². The SMILES string of the molecule is CCCNC1CC(OCCOC(C)(C)C)C1OC. The predicted molar refractivity (Wildman–Crippen MR) is 72.9 cm³/mol. The lowest BCUT2D eigenvalue weighted by Gasteiger charge is -2.43. The van der Waals surface area contributed by atoms with Crippen molar-refractivity contribution in [1.29, 1.82) is 0 Å². The first kappa shape index (κ1) is 15.9. The molecule has 1 aliphatic rings. The van der Waals surface area contributed by atoms with Crippen molar-refractivity contribution in [3.63, 3.8) is 0 Å². The fraction of sp³-hybridized carbons (Fsp3) is 1.00. The summed E-state index contributed by atoms with van der Waals surface area (Å²) in [5, 5.41) is 3.48. The van der Waals surface area contributed by atoms with Gasteiger partial charge in [-0.1, -0.05) is 6.92 Å². The van der Waals surface area contributed by atoms with Gasteiger partial charge in [0.2, 0.25) is 0 Å². The van der Waals surface area contributed by atoms with Crippen LogP contribution in [0.3, 0.4) is 0 Å². The molecule has 0 radical (unpaired) electrons. The summed E-state index contributed by atoms with van der Waals surface area (Å²) < 4.78 is 16.9. The van der Waals surface area contributed by atoms with Crippen LogP contribution in [0.25, 0.3) is 0 Å². The van der Waals surface area contributed by atoms with Crippen LogP contribution < -0.4 is 5.32 Å². The Morgan fingerprint density at radius 1 is 1.22 bits per heavy atom. The Bertz CT molecular complexity index is 228. The molecular weight excluding hydrogens is 230 g/mol. The zero-order valence-electron chi connectivity index (χ0n) is 12.5. The second-order valence-corrected chi connectivity index (χ2v) is 5.87. The number of hydrogen-bond donors (Lipinski definition) is 1. The van der Waals surface area contributed by atoms with Crippen LogP contribution >= 0.6 is 0 Å². The number of nitrogens with one attached hydrogen (secondary N) is 1. The van der Waals surface area contributed by atoms with E-state index in [2.05, 4.69) is 33.0 Å². The Balaban J connectivity index is 2.13. The molecule has 0 saturated heterocycles. The third kappa shape index (κ3) is 5.22. The molecule has 1 rings (SSSR count). The van der Waals surface area contributed by atoms with E-state index in [1.165, 1.54) is 0 Å². The highest BCUT2D eigenvalue weighted by Gasteiger charge is 2.41. The second kappa shape index (κ2) is 7.43. The van der Waals surface area contributed by atoms with Gasteiger partial charge in [0.05, 0.1) is 31.0 Å². The van der Waals surface area contributed by atoms with Crippen LogP contribution in [0.1, 0.15) is 40.5 Å². The van der Waals surface area contributed by atoms with Gasteiger partial charge in [-0.25, -0.2) is 0 Å². The fourth-order valence-corrected chi connectivity index (χ4v) is 2.14. The van der Waals surface area contributed by atoms with E-state index in [1.54, 1.807) is 7.11 Å². The smallest absolute Gasteiger partial charge is 0.0986 e. The van der Waals surface area contributed by atoms with E-state index in [4.69, 9.17) is 14.2 Å². The summed E-state index contributed by atoms with van der Waals surface area (Å²) >= 11 is 0. The Morgan fingerprint density at radius 2 is 1.94 bits per heavy atom. The second-order valence-electron chi connectivity index (χ2n) is 5.87. The minimum absolute atomic E-state index is 0.0884. The molecule has 1 fully saturated rings. The van der Waals surface area contributed by atoms with E-state index >= 15 is 0 Å². The highest BCUT2D eigenvalue weighted by atomic mass is 16.6. The Kier molecular flexibility index (Phi) is 6.57. The van der Waals surface area contributed by atoms with Crippen molar-refractivity contribution in [3.05, 3.63) is 0 Å². The molecule has 0 bridgehead atoms. The minimum Gasteiger partial charge on any atom is -0.377 e. The summed E-state index contributed by atoms with van der Waals surface area (Å²) in [6.07, 6.45) is 2.59. The van der Waals surface area contributed by atoms with E-state index in [0.717, 1.165) is 19.4 Å². The average Bonchev–Trinajstić information content (AvgIpc) is 2.25. The molecule has 3 atom stereocenters. The molecule has 18 heavy (non-hydrogen) atoms. The van der Waals surface area contributed by atoms with Crippen LogP contribution in [0, 0.1) is 0 Å². The van der Waals surface area contributed by atoms with Gasteiger partial charge in [0.1, 0.15) is 0 Å². The zero-order chi connectivity index (χ0) is 13.6. The van der Waals surface area contributed by atoms with Crippen molar-refractivity contribution in [2.45, 2.75) is 64.4 Å². The highest BCUT2D eigenvalue weighted by Crippen LogP contribution is 2.26. The molecule has 0 heterocycles. The van der Waals surface area contributed by atoms with E-state index < -0.39 is 0 Å². The standard InChI is InChI=1S/C14H29NO3/c1-6-7-15-11-10-12(13(11)16-5)17-8-9-18-14(2,3)4/h11-13,15H,6-10H2,1-5H3. The van der Waals surface area contributed by atoms with Crippen LogP contribution in [0.15, 0.2) is 0 Å². The van der Waals surface area contributed by atoms with Gasteiger partial charge < -0.3 is 19.5 Å². The molecule has 0 spiro atoms. The van der Waals surface area contributed by atoms with Crippen molar-refractivity contribution in [2.24, 2.45) is 0 Å². The molecule has 1 N–H and O–H groups in total. The Hall–Kier alpha value is -0.160. The highest BCUT2D eigenvalue weighted by molar-refractivity contribution is 4.96. The third-order valence-corrected chi connectivity index (χ3v) is 3.13. The van der Waals surface area contributed by atoms with Crippen molar-refractivity contribution >= 4 is 0 Å². The van der Waals surface area contributed by atoms with Crippen LogP contribution in [0.4, 0.5) is 0 Å². The first-order valence-corrected chi connectivity index (χ1v) is 6.99. The summed E-state index contributed by atoms with van der Waals surface area (Å²) in [5.41, 5.74) is -0.0884. The molecule has 0 aromatic heterocycles. The van der Waals surface area contributed by atoms with Gasteiger partial charge in [-0.3, -0.25) is 0 Å². The largest absolute Gasteiger partial charge is 0.377 e. The van der Waals surface area contributed by atoms with Crippen LogP contribution in [0.5, 0.6) is 0 Å². The van der Waals surface area contributed by atoms with Crippen LogP contribution in [-0.2, 0) is 14.2 Å². The molecular formula is C14H29NO3. The lowest BCUT2D eigenvalue weighted by atomic mass is 9.85. The molecule has 0 aromatic rings. The summed E-state index contributed by atoms with van der Waals surface area (Å²) in [5.74, 6) is 0. The van der Waals surface area contributed by atoms with E-state index in [-0.39, 0.29) is 17.8 Å². The first-order chi connectivity index (χ1) is 8.48. The van der Waals surface area contributed by atoms with Gasteiger partial charge in [-0.05, 0) is 40.2 Å². The summed E-state index contributed by atoms with van der Waals surface area (Å²) in [7, 11) is 1.76. The third-order valence-electron chi connectivity index (χ3n) is 3.13. The van der Waals surface area contributed by atoms with Crippen LogP contribution in [-0.4, -0.2) is 50.7 Å². The van der Waals surface area contributed by atoms with Crippen molar-refractivity contribution < 1.29 is 14.2 Å². The van der Waals surface area contributed by atoms with E-state index in [0.29, 0.717) is 19.3 Å². The summed E-state index contributed by atoms with van der Waals surface area (Å²) in [6.45, 7) is 10.7. The molecule has 0 aliphatic heterocycles. The van der Waals surface area contributed by atoms with Crippen molar-refractivity contribution in [2.75, 3.05) is 26.9 Å². The van der Waals surface area contributed by atoms with Gasteiger partial charge >= 0.3 is 0 Å². The number of methoxy groups -OCH3 is 1. The number of rotatable bonds is 8. The summed E-state index contributed by atoms with van der Waals surface area (Å²) in [4.78, 5) is 0. The molecule has 3 unspecified atom stereocenters. The van der Waals surface area contributed by atoms with Crippen LogP contribution in [0.2, 0.25) is 0 Å². The fourth-order valence-electron chi connectivity index (χ4n) is 2.14. The maximum atomic E-state index is 5.80. The molecule has 0 aromatic carbocycles. The topological polar surface area (TPSA) is 39.7 Å². The van der Waals surface area contributed by atoms with Crippen molar-refractivity contribution in [3.8, 4) is 0 Å². The lowest BCUT2D eigenvalue weighted by molar-refractivity contribution is -0.147. The molecule has 4 nitrogen and oxygen atoms in total. The molecule has 1 saturated carbocycles. The van der Waals surface area contributed by atoms with Crippen molar-refractivity contribution in [1.82, 2.24) is 5.32 Å². The molecule has 0 amide bonds. The predicted octanol–water partition coefficient (Wildman–Crippen LogP) is 1.97.